The van der Waals surface area contributed by atoms with Crippen molar-refractivity contribution in [3.05, 3.63) is 82.0 Å². The normalized spacial score (nSPS) is 11.0. The molecule has 0 atom stereocenters. The Kier molecular flexibility index (Phi) is 5.43. The van der Waals surface area contributed by atoms with E-state index in [1.807, 2.05) is 48.5 Å². The minimum Gasteiger partial charge on any atom is -0.484 e. The second kappa shape index (κ2) is 8.31. The highest BCUT2D eigenvalue weighted by atomic mass is 32.2. The first-order valence-electron chi connectivity index (χ1n) is 8.99. The third kappa shape index (κ3) is 4.26. The highest BCUT2D eigenvalue weighted by Gasteiger charge is 2.10. The molecular weight excluding hydrogens is 374 g/mol. The molecule has 0 aliphatic carbocycles. The molecule has 6 nitrogen and oxygen atoms in total. The summed E-state index contributed by atoms with van der Waals surface area (Å²) in [7, 11) is 0. The summed E-state index contributed by atoms with van der Waals surface area (Å²) in [4.78, 5) is 14.7. The first kappa shape index (κ1) is 18.3. The molecule has 0 fully saturated rings. The third-order valence-corrected chi connectivity index (χ3v) is 5.20. The smallest absolute Gasteiger partial charge is 0.277 e. The van der Waals surface area contributed by atoms with Gasteiger partial charge >= 0.3 is 0 Å². The minimum atomic E-state index is -0.122. The second-order valence-electron chi connectivity index (χ2n) is 6.24. The Morgan fingerprint density at radius 2 is 1.93 bits per heavy atom. The fourth-order valence-corrected chi connectivity index (χ4v) is 3.63. The van der Waals surface area contributed by atoms with E-state index in [0.717, 1.165) is 28.6 Å². The molecule has 0 unspecified atom stereocenters. The van der Waals surface area contributed by atoms with Crippen LogP contribution in [0.4, 0.5) is 0 Å². The number of benzene rings is 2. The molecule has 0 spiro atoms. The number of aryl methyl sites for hydroxylation is 1. The van der Waals surface area contributed by atoms with Crippen molar-refractivity contribution < 1.29 is 9.15 Å². The number of nitrogens with one attached hydrogen (secondary N) is 1. The maximum atomic E-state index is 11.8. The highest BCUT2D eigenvalue weighted by Crippen LogP contribution is 2.25. The number of nitrogens with zero attached hydrogens (tertiary/aromatic N) is 2. The van der Waals surface area contributed by atoms with Crippen LogP contribution in [0.5, 0.6) is 5.75 Å². The van der Waals surface area contributed by atoms with Crippen LogP contribution in [0.15, 0.2) is 69.0 Å². The van der Waals surface area contributed by atoms with Gasteiger partial charge in [-0.3, -0.25) is 4.79 Å². The van der Waals surface area contributed by atoms with E-state index in [1.54, 1.807) is 6.07 Å². The Labute approximate surface area is 166 Å². The Morgan fingerprint density at radius 3 is 2.75 bits per heavy atom. The predicted molar refractivity (Wildman–Crippen MR) is 109 cm³/mol. The molecule has 4 aromatic rings. The van der Waals surface area contributed by atoms with E-state index in [-0.39, 0.29) is 12.2 Å². The summed E-state index contributed by atoms with van der Waals surface area (Å²) in [6.45, 7) is 2.33. The van der Waals surface area contributed by atoms with Crippen molar-refractivity contribution in [1.29, 1.82) is 0 Å². The highest BCUT2D eigenvalue weighted by molar-refractivity contribution is 7.98. The molecule has 2 aromatic heterocycles. The van der Waals surface area contributed by atoms with Gasteiger partial charge in [0.2, 0.25) is 5.56 Å². The monoisotopic (exact) mass is 393 g/mol. The zero-order chi connectivity index (χ0) is 19.3. The van der Waals surface area contributed by atoms with Crippen LogP contribution in [0.1, 0.15) is 23.9 Å². The van der Waals surface area contributed by atoms with Gasteiger partial charge in [-0.1, -0.05) is 49.0 Å². The molecule has 1 N–H and O–H groups in total. The minimum absolute atomic E-state index is 0.122. The zero-order valence-electron chi connectivity index (χ0n) is 15.3. The topological polar surface area (TPSA) is 81.0 Å². The lowest BCUT2D eigenvalue weighted by molar-refractivity contribution is 0.252. The molecule has 0 amide bonds. The number of aromatic nitrogens is 3. The number of pyridine rings is 1. The summed E-state index contributed by atoms with van der Waals surface area (Å²) in [6, 6.07) is 17.3. The molecule has 28 heavy (non-hydrogen) atoms. The van der Waals surface area contributed by atoms with Crippen molar-refractivity contribution in [3.63, 3.8) is 0 Å². The van der Waals surface area contributed by atoms with E-state index in [1.165, 1.54) is 17.3 Å². The molecule has 0 aliphatic heterocycles. The van der Waals surface area contributed by atoms with Crippen molar-refractivity contribution >= 4 is 22.7 Å². The van der Waals surface area contributed by atoms with Gasteiger partial charge in [0, 0.05) is 22.7 Å². The summed E-state index contributed by atoms with van der Waals surface area (Å²) >= 11 is 1.40. The standard InChI is InChI=1S/C21H19N3O3S/c1-2-14-7-9-16(10-8-14)26-12-20-23-24-21(27-20)28-13-15-11-19(25)22-18-6-4-3-5-17(15)18/h3-11H,2,12-13H2,1H3,(H,22,25). The first-order valence-corrected chi connectivity index (χ1v) is 9.97. The largest absolute Gasteiger partial charge is 0.484 e. The van der Waals surface area contributed by atoms with Gasteiger partial charge in [-0.25, -0.2) is 0 Å². The molecule has 7 heteroatoms. The van der Waals surface area contributed by atoms with Crippen LogP contribution in [0.3, 0.4) is 0 Å². The van der Waals surface area contributed by atoms with Gasteiger partial charge < -0.3 is 14.1 Å². The number of aromatic amines is 1. The van der Waals surface area contributed by atoms with Gasteiger partial charge in [-0.2, -0.15) is 0 Å². The van der Waals surface area contributed by atoms with Crippen LogP contribution in [0.25, 0.3) is 10.9 Å². The average Bonchev–Trinajstić information content (AvgIpc) is 3.18. The summed E-state index contributed by atoms with van der Waals surface area (Å²) in [5.41, 5.74) is 2.88. The second-order valence-corrected chi connectivity index (χ2v) is 7.17. The number of fused-ring (bicyclic) bond motifs is 1. The van der Waals surface area contributed by atoms with Gasteiger partial charge in [-0.15, -0.1) is 10.2 Å². The number of para-hydroxylation sites is 1. The van der Waals surface area contributed by atoms with Gasteiger partial charge in [-0.05, 0) is 35.7 Å². The molecule has 0 aliphatic rings. The van der Waals surface area contributed by atoms with Crippen LogP contribution in [-0.2, 0) is 18.8 Å². The summed E-state index contributed by atoms with van der Waals surface area (Å²) in [5.74, 6) is 1.74. The quantitative estimate of drug-likeness (QED) is 0.470. The molecule has 0 radical (unpaired) electrons. The fourth-order valence-electron chi connectivity index (χ4n) is 2.86. The number of rotatable bonds is 7. The van der Waals surface area contributed by atoms with Crippen LogP contribution in [-0.4, -0.2) is 15.2 Å². The summed E-state index contributed by atoms with van der Waals surface area (Å²) in [5, 5.41) is 9.54. The van der Waals surface area contributed by atoms with Gasteiger partial charge in [0.05, 0.1) is 0 Å². The zero-order valence-corrected chi connectivity index (χ0v) is 16.2. The lowest BCUT2D eigenvalue weighted by atomic mass is 10.1. The molecule has 0 saturated heterocycles. The number of hydrogen-bond donors (Lipinski definition) is 1. The van der Waals surface area contributed by atoms with Gasteiger partial charge in [0.15, 0.2) is 6.61 Å². The molecule has 142 valence electrons. The van der Waals surface area contributed by atoms with Gasteiger partial charge in [0.1, 0.15) is 5.75 Å². The average molecular weight is 393 g/mol. The molecule has 4 rings (SSSR count). The first-order chi connectivity index (χ1) is 13.7. The van der Waals surface area contributed by atoms with Crippen molar-refractivity contribution in [2.45, 2.75) is 30.9 Å². The van der Waals surface area contributed by atoms with E-state index in [2.05, 4.69) is 22.1 Å². The van der Waals surface area contributed by atoms with E-state index < -0.39 is 0 Å². The molecular formula is C21H19N3O3S. The number of hydrogen-bond acceptors (Lipinski definition) is 6. The van der Waals surface area contributed by atoms with Crippen molar-refractivity contribution in [3.8, 4) is 5.75 Å². The molecule has 0 bridgehead atoms. The predicted octanol–water partition coefficient (Wildman–Crippen LogP) is 4.34. The lowest BCUT2D eigenvalue weighted by Crippen LogP contribution is -2.05. The number of thioether (sulfide) groups is 1. The van der Waals surface area contributed by atoms with Crippen LogP contribution < -0.4 is 10.3 Å². The summed E-state index contributed by atoms with van der Waals surface area (Å²) < 4.78 is 11.3. The Bertz CT molecular complexity index is 1140. The van der Waals surface area contributed by atoms with Crippen molar-refractivity contribution in [2.75, 3.05) is 0 Å². The van der Waals surface area contributed by atoms with E-state index in [4.69, 9.17) is 9.15 Å². The van der Waals surface area contributed by atoms with E-state index >= 15 is 0 Å². The maximum absolute atomic E-state index is 11.8. The Morgan fingerprint density at radius 1 is 1.11 bits per heavy atom. The Balaban J connectivity index is 1.39. The number of ether oxygens (including phenoxy) is 1. The molecule has 2 aromatic carbocycles. The van der Waals surface area contributed by atoms with E-state index in [0.29, 0.717) is 16.9 Å². The van der Waals surface area contributed by atoms with Crippen molar-refractivity contribution in [1.82, 2.24) is 15.2 Å². The number of H-pyrrole nitrogens is 1. The molecule has 0 saturated carbocycles. The molecule has 2 heterocycles. The third-order valence-electron chi connectivity index (χ3n) is 4.33. The van der Waals surface area contributed by atoms with Gasteiger partial charge in [0.25, 0.3) is 11.1 Å². The van der Waals surface area contributed by atoms with Crippen LogP contribution in [0, 0.1) is 0 Å². The van der Waals surface area contributed by atoms with Crippen LogP contribution in [0.2, 0.25) is 0 Å². The summed E-state index contributed by atoms with van der Waals surface area (Å²) in [6.07, 6.45) is 0.993. The SMILES string of the molecule is CCc1ccc(OCc2nnc(SCc3cc(=O)[nH]c4ccccc34)o2)cc1. The lowest BCUT2D eigenvalue weighted by Gasteiger charge is -2.04. The van der Waals surface area contributed by atoms with Crippen LogP contribution >= 0.6 is 11.8 Å². The van der Waals surface area contributed by atoms with Crippen molar-refractivity contribution in [2.24, 2.45) is 0 Å². The Hall–Kier alpha value is -3.06. The maximum Gasteiger partial charge on any atom is 0.277 e. The van der Waals surface area contributed by atoms with E-state index in [9.17, 15) is 4.79 Å². The fraction of sp³-hybridized carbons (Fsp3) is 0.190.